The van der Waals surface area contributed by atoms with Crippen LogP contribution in [0.5, 0.6) is 0 Å². The van der Waals surface area contributed by atoms with Crippen LogP contribution in [-0.4, -0.2) is 10.9 Å². The fourth-order valence-corrected chi connectivity index (χ4v) is 3.14. The van der Waals surface area contributed by atoms with Gasteiger partial charge in [-0.2, -0.15) is 8.78 Å². The van der Waals surface area contributed by atoms with Gasteiger partial charge in [-0.1, -0.05) is 59.4 Å². The molecule has 0 unspecified atom stereocenters. The first-order valence-electron chi connectivity index (χ1n) is 10.3. The molecule has 1 fully saturated rings. The number of hydrogen-bond acceptors (Lipinski definition) is 1. The van der Waals surface area contributed by atoms with Crippen LogP contribution in [0.25, 0.3) is 0 Å². The molecule has 1 heterocycles. The first kappa shape index (κ1) is 22.6. The van der Waals surface area contributed by atoms with Gasteiger partial charge in [-0.3, -0.25) is 0 Å². The van der Waals surface area contributed by atoms with E-state index in [-0.39, 0.29) is 6.42 Å². The molecule has 0 N–H and O–H groups in total. The quantitative estimate of drug-likeness (QED) is 0.374. The van der Waals surface area contributed by atoms with Crippen LogP contribution in [0.1, 0.15) is 90.3 Å². The Hall–Kier alpha value is -1.43. The molecule has 0 saturated heterocycles. The molecular weight excluding hydrogens is 328 g/mol. The Morgan fingerprint density at radius 2 is 1.77 bits per heavy atom. The van der Waals surface area contributed by atoms with Gasteiger partial charge in [0.2, 0.25) is 0 Å². The summed E-state index contributed by atoms with van der Waals surface area (Å²) in [5, 5.41) is 0. The highest BCUT2D eigenvalue weighted by molar-refractivity contribution is 5.31. The summed E-state index contributed by atoms with van der Waals surface area (Å²) < 4.78 is 27.2. The minimum absolute atomic E-state index is 0.161. The molecule has 26 heavy (non-hydrogen) atoms. The number of hydrogen-bond donors (Lipinski definition) is 0. The first-order valence-corrected chi connectivity index (χ1v) is 10.3. The molecule has 1 aromatic rings. The Balaban J connectivity index is 0.00000105. The van der Waals surface area contributed by atoms with Gasteiger partial charge in [-0.05, 0) is 61.0 Å². The molecule has 0 aliphatic heterocycles. The Kier molecular flexibility index (Phi) is 10.5. The highest BCUT2D eigenvalue weighted by Crippen LogP contribution is 2.37. The molecule has 3 heteroatoms. The monoisotopic (exact) mass is 363 g/mol. The lowest BCUT2D eigenvalue weighted by molar-refractivity contribution is 0.0538. The molecule has 1 aliphatic rings. The maximum Gasteiger partial charge on any atom is 0.308 e. The molecule has 0 aromatic carbocycles. The number of aromatic nitrogens is 1. The van der Waals surface area contributed by atoms with Gasteiger partial charge in [0.25, 0.3) is 0 Å². The normalized spacial score (nSPS) is 18.8. The number of alkyl halides is 2. The predicted octanol–water partition coefficient (Wildman–Crippen LogP) is 7.04. The van der Waals surface area contributed by atoms with Crippen molar-refractivity contribution < 1.29 is 8.78 Å². The molecule has 1 nitrogen and oxygen atoms in total. The van der Waals surface area contributed by atoms with Crippen LogP contribution in [0.3, 0.4) is 0 Å². The number of rotatable bonds is 7. The largest absolute Gasteiger partial charge is 0.308 e. The molecule has 1 saturated carbocycles. The van der Waals surface area contributed by atoms with Gasteiger partial charge in [-0.15, -0.1) is 0 Å². The Bertz CT molecular complexity index is 548. The van der Waals surface area contributed by atoms with Crippen molar-refractivity contribution in [2.45, 2.75) is 91.4 Å². The summed E-state index contributed by atoms with van der Waals surface area (Å²) in [5.41, 5.74) is 1.62. The van der Waals surface area contributed by atoms with E-state index >= 15 is 0 Å². The van der Waals surface area contributed by atoms with Crippen molar-refractivity contribution in [2.24, 2.45) is 11.8 Å². The topological polar surface area (TPSA) is 12.9 Å². The van der Waals surface area contributed by atoms with Gasteiger partial charge in [0, 0.05) is 12.6 Å². The van der Waals surface area contributed by atoms with Crippen LogP contribution >= 0.6 is 0 Å². The highest BCUT2D eigenvalue weighted by Gasteiger charge is 2.27. The maximum atomic E-state index is 13.6. The van der Waals surface area contributed by atoms with Crippen LogP contribution in [-0.2, 0) is 6.42 Å². The van der Waals surface area contributed by atoms with E-state index in [1.165, 1.54) is 31.2 Å². The summed E-state index contributed by atoms with van der Waals surface area (Å²) in [6, 6.07) is 3.74. The van der Waals surface area contributed by atoms with Gasteiger partial charge in [0.05, 0.1) is 0 Å². The molecule has 2 rings (SSSR count). The Labute approximate surface area is 159 Å². The van der Waals surface area contributed by atoms with E-state index in [1.807, 2.05) is 13.0 Å². The fraction of sp³-hybridized carbons (Fsp3) is 0.696. The fourth-order valence-electron chi connectivity index (χ4n) is 3.14. The van der Waals surface area contributed by atoms with Crippen molar-refractivity contribution in [3.05, 3.63) is 29.6 Å². The van der Waals surface area contributed by atoms with Crippen molar-refractivity contribution in [3.63, 3.8) is 0 Å². The number of pyridine rings is 1. The van der Waals surface area contributed by atoms with E-state index in [1.54, 1.807) is 12.3 Å². The van der Waals surface area contributed by atoms with Gasteiger partial charge in [-0.25, -0.2) is 4.98 Å². The third-order valence-corrected chi connectivity index (χ3v) is 4.73. The van der Waals surface area contributed by atoms with Crippen molar-refractivity contribution in [1.82, 2.24) is 4.98 Å². The minimum atomic E-state index is -2.91. The average Bonchev–Trinajstić information content (AvgIpc) is 2.58. The number of unbranched alkanes of at least 4 members (excludes halogenated alkanes) is 2. The molecule has 0 atom stereocenters. The summed E-state index contributed by atoms with van der Waals surface area (Å²) in [4.78, 5) is 4.22. The smallest absolute Gasteiger partial charge is 0.248 e. The van der Waals surface area contributed by atoms with Crippen LogP contribution < -0.4 is 0 Å². The van der Waals surface area contributed by atoms with Crippen molar-refractivity contribution in [3.8, 4) is 11.8 Å². The second-order valence-corrected chi connectivity index (χ2v) is 7.49. The second-order valence-electron chi connectivity index (χ2n) is 7.49. The van der Waals surface area contributed by atoms with Crippen molar-refractivity contribution >= 4 is 0 Å². The third-order valence-electron chi connectivity index (χ3n) is 4.73. The zero-order chi connectivity index (χ0) is 19.4. The predicted molar refractivity (Wildman–Crippen MR) is 106 cm³/mol. The van der Waals surface area contributed by atoms with Crippen molar-refractivity contribution in [2.75, 3.05) is 0 Å². The summed E-state index contributed by atoms with van der Waals surface area (Å²) >= 11 is 0. The van der Waals surface area contributed by atoms with Crippen LogP contribution in [0.2, 0.25) is 0 Å². The van der Waals surface area contributed by atoms with E-state index in [0.717, 1.165) is 31.1 Å². The van der Waals surface area contributed by atoms with E-state index in [0.29, 0.717) is 12.1 Å². The number of nitrogens with zero attached hydrogens (tertiary/aromatic N) is 1. The standard InChI is InChI=1S/C20H27F2N.C3H8/c1-3-5-6-10-20(21,22)11-9-19-8-7-17(15-23-19)14-18-12-16(4-2)13-18;1-3-2/h7-8,15-16,18H,3-6,10,12-14H2,1-2H3;3H2,1-2H3. The van der Waals surface area contributed by atoms with E-state index in [2.05, 4.69) is 37.6 Å². The third kappa shape index (κ3) is 8.79. The molecule has 146 valence electrons. The lowest BCUT2D eigenvalue weighted by Gasteiger charge is -2.34. The first-order chi connectivity index (χ1) is 12.4. The zero-order valence-corrected chi connectivity index (χ0v) is 17.0. The van der Waals surface area contributed by atoms with Crippen molar-refractivity contribution in [1.29, 1.82) is 0 Å². The summed E-state index contributed by atoms with van der Waals surface area (Å²) in [7, 11) is 0. The summed E-state index contributed by atoms with van der Waals surface area (Å²) in [5.74, 6) is 3.37. The van der Waals surface area contributed by atoms with Gasteiger partial charge in [0.1, 0.15) is 5.69 Å². The van der Waals surface area contributed by atoms with E-state index < -0.39 is 5.92 Å². The highest BCUT2D eigenvalue weighted by atomic mass is 19.3. The minimum Gasteiger partial charge on any atom is -0.248 e. The zero-order valence-electron chi connectivity index (χ0n) is 17.0. The van der Waals surface area contributed by atoms with E-state index in [9.17, 15) is 8.78 Å². The number of halogens is 2. The molecule has 0 amide bonds. The van der Waals surface area contributed by atoms with Crippen LogP contribution in [0.4, 0.5) is 8.78 Å². The molecular formula is C23H35F2N. The molecule has 0 spiro atoms. The lowest BCUT2D eigenvalue weighted by Crippen LogP contribution is -2.24. The lowest BCUT2D eigenvalue weighted by atomic mass is 9.71. The molecule has 0 radical (unpaired) electrons. The van der Waals surface area contributed by atoms with Crippen LogP contribution in [0, 0.1) is 23.7 Å². The Morgan fingerprint density at radius 3 is 2.31 bits per heavy atom. The van der Waals surface area contributed by atoms with Gasteiger partial charge in [0.15, 0.2) is 0 Å². The Morgan fingerprint density at radius 1 is 1.08 bits per heavy atom. The molecule has 1 aromatic heterocycles. The SMILES string of the molecule is CCC.CCCCCC(F)(F)C#Cc1ccc(CC2CC(CC)C2)cn1. The average molecular weight is 364 g/mol. The summed E-state index contributed by atoms with van der Waals surface area (Å²) in [6.45, 7) is 8.50. The van der Waals surface area contributed by atoms with Gasteiger partial charge >= 0.3 is 5.92 Å². The maximum absolute atomic E-state index is 13.6. The van der Waals surface area contributed by atoms with Gasteiger partial charge < -0.3 is 0 Å². The second kappa shape index (κ2) is 12.0. The molecule has 1 aliphatic carbocycles. The molecule has 0 bridgehead atoms. The van der Waals surface area contributed by atoms with Crippen LogP contribution in [0.15, 0.2) is 18.3 Å². The van der Waals surface area contributed by atoms with E-state index in [4.69, 9.17) is 0 Å². The summed E-state index contributed by atoms with van der Waals surface area (Å²) in [6.07, 6.45) is 10.1.